The van der Waals surface area contributed by atoms with Crippen molar-refractivity contribution in [2.45, 2.75) is 0 Å². The quantitative estimate of drug-likeness (QED) is 0.710. The molecule has 0 aliphatic heterocycles. The largest absolute Gasteiger partial charge is 0.497 e. The zero-order valence-electron chi connectivity index (χ0n) is 9.54. The molecule has 2 heterocycles. The molecule has 0 spiro atoms. The van der Waals surface area contributed by atoms with E-state index in [1.807, 2.05) is 18.2 Å². The average Bonchev–Trinajstić information content (AvgIpc) is 2.82. The lowest BCUT2D eigenvalue weighted by Gasteiger charge is -2.04. The van der Waals surface area contributed by atoms with Crippen LogP contribution in [0.25, 0.3) is 16.7 Å². The number of methoxy groups -OCH3 is 1. The zero-order chi connectivity index (χ0) is 12.5. The highest BCUT2D eigenvalue weighted by atomic mass is 35.5. The Hall–Kier alpha value is -2.14. The number of fused-ring (bicyclic) bond motifs is 1. The number of rotatable bonds is 2. The number of benzene rings is 1. The average molecular weight is 261 g/mol. The molecule has 2 aromatic heterocycles. The lowest BCUT2D eigenvalue weighted by molar-refractivity contribution is 0.415. The maximum absolute atomic E-state index is 6.10. The van der Waals surface area contributed by atoms with Crippen LogP contribution in [0, 0.1) is 0 Å². The van der Waals surface area contributed by atoms with E-state index < -0.39 is 0 Å². The van der Waals surface area contributed by atoms with E-state index in [1.54, 1.807) is 30.3 Å². The fourth-order valence-corrected chi connectivity index (χ4v) is 1.95. The fraction of sp³-hybridized carbons (Fsp3) is 0.0833. The van der Waals surface area contributed by atoms with Gasteiger partial charge in [0.25, 0.3) is 0 Å². The second-order valence-electron chi connectivity index (χ2n) is 3.68. The lowest BCUT2D eigenvalue weighted by Crippen LogP contribution is -1.97. The van der Waals surface area contributed by atoms with Crippen LogP contribution in [-0.4, -0.2) is 27.1 Å². The van der Waals surface area contributed by atoms with E-state index in [2.05, 4.69) is 15.3 Å². The van der Waals surface area contributed by atoms with Crippen LogP contribution in [0.5, 0.6) is 5.75 Å². The Morgan fingerprint density at radius 3 is 2.94 bits per heavy atom. The minimum Gasteiger partial charge on any atom is -0.497 e. The van der Waals surface area contributed by atoms with Gasteiger partial charge in [0.2, 0.25) is 0 Å². The highest BCUT2D eigenvalue weighted by Gasteiger charge is 2.10. The highest BCUT2D eigenvalue weighted by Crippen LogP contribution is 2.24. The van der Waals surface area contributed by atoms with Crippen molar-refractivity contribution in [3.8, 4) is 11.4 Å². The summed E-state index contributed by atoms with van der Waals surface area (Å²) in [4.78, 5) is 3.95. The van der Waals surface area contributed by atoms with Crippen molar-refractivity contribution in [3.63, 3.8) is 0 Å². The number of hydrogen-bond acceptors (Lipinski definition) is 4. The maximum Gasteiger partial charge on any atom is 0.121 e. The molecule has 1 aromatic carbocycles. The van der Waals surface area contributed by atoms with Crippen LogP contribution in [-0.2, 0) is 0 Å². The molecule has 0 N–H and O–H groups in total. The molecule has 0 aliphatic carbocycles. The number of aromatic nitrogens is 4. The van der Waals surface area contributed by atoms with Gasteiger partial charge in [-0.05, 0) is 18.2 Å². The van der Waals surface area contributed by atoms with Crippen LogP contribution in [0.15, 0.2) is 36.7 Å². The van der Waals surface area contributed by atoms with Crippen LogP contribution >= 0.6 is 11.6 Å². The number of pyridine rings is 1. The van der Waals surface area contributed by atoms with Gasteiger partial charge in [-0.2, -0.15) is 0 Å². The SMILES string of the molecule is COc1ccc2c(c1)nnn2-c1ccncc1Cl. The van der Waals surface area contributed by atoms with Gasteiger partial charge in [-0.1, -0.05) is 16.8 Å². The monoisotopic (exact) mass is 260 g/mol. The Balaban J connectivity index is 2.22. The second kappa shape index (κ2) is 4.27. The van der Waals surface area contributed by atoms with E-state index in [0.29, 0.717) is 5.02 Å². The van der Waals surface area contributed by atoms with E-state index in [9.17, 15) is 0 Å². The maximum atomic E-state index is 6.10. The van der Waals surface area contributed by atoms with Crippen molar-refractivity contribution in [1.82, 2.24) is 20.0 Å². The summed E-state index contributed by atoms with van der Waals surface area (Å²) in [5.41, 5.74) is 2.37. The fourth-order valence-electron chi connectivity index (χ4n) is 1.75. The summed E-state index contributed by atoms with van der Waals surface area (Å²) >= 11 is 6.10. The molecule has 6 heteroatoms. The predicted molar refractivity (Wildman–Crippen MR) is 68.2 cm³/mol. The van der Waals surface area contributed by atoms with Crippen molar-refractivity contribution in [2.24, 2.45) is 0 Å². The Morgan fingerprint density at radius 1 is 1.28 bits per heavy atom. The Bertz CT molecular complexity index is 710. The van der Waals surface area contributed by atoms with Gasteiger partial charge in [-0.3, -0.25) is 4.98 Å². The minimum absolute atomic E-state index is 0.528. The van der Waals surface area contributed by atoms with Crippen LogP contribution in [0.4, 0.5) is 0 Å². The van der Waals surface area contributed by atoms with Gasteiger partial charge in [0.05, 0.1) is 23.3 Å². The van der Waals surface area contributed by atoms with Gasteiger partial charge in [0.1, 0.15) is 11.3 Å². The molecule has 3 aromatic rings. The normalized spacial score (nSPS) is 10.8. The van der Waals surface area contributed by atoms with Crippen LogP contribution < -0.4 is 4.74 Å². The summed E-state index contributed by atoms with van der Waals surface area (Å²) in [6.45, 7) is 0. The van der Waals surface area contributed by atoms with Gasteiger partial charge in [-0.25, -0.2) is 4.68 Å². The molecule has 3 rings (SSSR count). The van der Waals surface area contributed by atoms with E-state index in [0.717, 1.165) is 22.5 Å². The van der Waals surface area contributed by atoms with Gasteiger partial charge < -0.3 is 4.74 Å². The van der Waals surface area contributed by atoms with Gasteiger partial charge >= 0.3 is 0 Å². The molecule has 18 heavy (non-hydrogen) atoms. The third kappa shape index (κ3) is 1.69. The van der Waals surface area contributed by atoms with E-state index >= 15 is 0 Å². The zero-order valence-corrected chi connectivity index (χ0v) is 10.3. The third-order valence-corrected chi connectivity index (χ3v) is 2.92. The Labute approximate surface area is 108 Å². The first-order chi connectivity index (χ1) is 8.79. The molecule has 0 unspecified atom stereocenters. The summed E-state index contributed by atoms with van der Waals surface area (Å²) < 4.78 is 6.83. The van der Waals surface area contributed by atoms with E-state index in [4.69, 9.17) is 16.3 Å². The summed E-state index contributed by atoms with van der Waals surface area (Å²) in [6.07, 6.45) is 3.24. The molecule has 0 aliphatic rings. The highest BCUT2D eigenvalue weighted by molar-refractivity contribution is 6.32. The van der Waals surface area contributed by atoms with Gasteiger partial charge in [0, 0.05) is 18.5 Å². The van der Waals surface area contributed by atoms with Crippen molar-refractivity contribution in [3.05, 3.63) is 41.7 Å². The van der Waals surface area contributed by atoms with E-state index in [1.165, 1.54) is 0 Å². The van der Waals surface area contributed by atoms with Gasteiger partial charge in [0.15, 0.2) is 0 Å². The molecule has 0 radical (unpaired) electrons. The van der Waals surface area contributed by atoms with Crippen LogP contribution in [0.3, 0.4) is 0 Å². The van der Waals surface area contributed by atoms with E-state index in [-0.39, 0.29) is 0 Å². The summed E-state index contributed by atoms with van der Waals surface area (Å²) in [5.74, 6) is 0.746. The summed E-state index contributed by atoms with van der Waals surface area (Å²) in [6, 6.07) is 7.37. The molecule has 5 nitrogen and oxygen atoms in total. The summed E-state index contributed by atoms with van der Waals surface area (Å²) in [5, 5.41) is 8.73. The molecule has 0 amide bonds. The lowest BCUT2D eigenvalue weighted by atomic mass is 10.3. The molecule has 0 saturated heterocycles. The third-order valence-electron chi connectivity index (χ3n) is 2.63. The van der Waals surface area contributed by atoms with Gasteiger partial charge in [-0.15, -0.1) is 5.10 Å². The van der Waals surface area contributed by atoms with Crippen LogP contribution in [0.2, 0.25) is 5.02 Å². The molecule has 90 valence electrons. The summed E-state index contributed by atoms with van der Waals surface area (Å²) in [7, 11) is 1.62. The van der Waals surface area contributed by atoms with Crippen molar-refractivity contribution >= 4 is 22.6 Å². The topological polar surface area (TPSA) is 52.8 Å². The molecule has 0 fully saturated rings. The number of halogens is 1. The molecular weight excluding hydrogens is 252 g/mol. The van der Waals surface area contributed by atoms with Crippen molar-refractivity contribution in [1.29, 1.82) is 0 Å². The smallest absolute Gasteiger partial charge is 0.121 e. The Morgan fingerprint density at radius 2 is 2.17 bits per heavy atom. The first kappa shape index (κ1) is 11.0. The standard InChI is InChI=1S/C12H9ClN4O/c1-18-8-2-3-12-10(6-8)15-16-17(12)11-4-5-14-7-9(11)13/h2-7H,1H3. The minimum atomic E-state index is 0.528. The first-order valence-corrected chi connectivity index (χ1v) is 5.67. The number of hydrogen-bond donors (Lipinski definition) is 0. The van der Waals surface area contributed by atoms with Crippen LogP contribution in [0.1, 0.15) is 0 Å². The molecule has 0 bridgehead atoms. The first-order valence-electron chi connectivity index (χ1n) is 5.29. The number of nitrogens with zero attached hydrogens (tertiary/aromatic N) is 4. The van der Waals surface area contributed by atoms with Crippen molar-refractivity contribution < 1.29 is 4.74 Å². The molecule has 0 saturated carbocycles. The second-order valence-corrected chi connectivity index (χ2v) is 4.09. The molecule has 0 atom stereocenters. The molecular formula is C12H9ClN4O. The van der Waals surface area contributed by atoms with Crippen molar-refractivity contribution in [2.75, 3.05) is 7.11 Å². The Kier molecular flexibility index (Phi) is 2.60. The number of ether oxygens (including phenoxy) is 1. The predicted octanol–water partition coefficient (Wildman–Crippen LogP) is 2.48.